The molecule has 0 unspecified atom stereocenters. The fourth-order valence-corrected chi connectivity index (χ4v) is 3.19. The van der Waals surface area contributed by atoms with E-state index >= 15 is 0 Å². The molecule has 0 radical (unpaired) electrons. The minimum Gasteiger partial charge on any atom is -0.483 e. The molecule has 2 aromatic rings. The van der Waals surface area contributed by atoms with Crippen molar-refractivity contribution in [3.63, 3.8) is 0 Å². The first-order valence-electron chi connectivity index (χ1n) is 8.20. The molecule has 0 aromatic heterocycles. The first-order chi connectivity index (χ1) is 13.2. The second-order valence-electron chi connectivity index (χ2n) is 5.93. The third-order valence-electron chi connectivity index (χ3n) is 3.49. The van der Waals surface area contributed by atoms with Crippen molar-refractivity contribution < 1.29 is 18.7 Å². The SMILES string of the molecule is C/C(CC(=O)Nc1ccc(F)cc1)=N/NC(=O)COc1cc(C)c(Br)cc1Br. The second kappa shape index (κ2) is 10.3. The normalized spacial score (nSPS) is 11.1. The minimum atomic E-state index is -0.453. The molecule has 6 nitrogen and oxygen atoms in total. The highest BCUT2D eigenvalue weighted by Gasteiger charge is 2.09. The molecule has 2 aromatic carbocycles. The molecule has 0 aliphatic rings. The zero-order valence-electron chi connectivity index (χ0n) is 15.2. The molecule has 0 spiro atoms. The number of ether oxygens (including phenoxy) is 1. The lowest BCUT2D eigenvalue weighted by molar-refractivity contribution is -0.123. The summed E-state index contributed by atoms with van der Waals surface area (Å²) in [5, 5.41) is 6.50. The number of hydrogen-bond donors (Lipinski definition) is 2. The van der Waals surface area contributed by atoms with Gasteiger partial charge < -0.3 is 10.1 Å². The average molecular weight is 515 g/mol. The van der Waals surface area contributed by atoms with Crippen LogP contribution in [0.25, 0.3) is 0 Å². The molecule has 0 aliphatic heterocycles. The number of amides is 2. The molecule has 0 bridgehead atoms. The maximum absolute atomic E-state index is 12.9. The van der Waals surface area contributed by atoms with E-state index in [0.717, 1.165) is 14.5 Å². The van der Waals surface area contributed by atoms with Gasteiger partial charge in [0.2, 0.25) is 5.91 Å². The maximum atomic E-state index is 12.9. The zero-order chi connectivity index (χ0) is 20.7. The number of hydrogen-bond acceptors (Lipinski definition) is 4. The van der Waals surface area contributed by atoms with Gasteiger partial charge in [-0.2, -0.15) is 5.10 Å². The number of nitrogens with one attached hydrogen (secondary N) is 2. The molecule has 0 heterocycles. The van der Waals surface area contributed by atoms with Crippen molar-refractivity contribution in [2.24, 2.45) is 5.10 Å². The third-order valence-corrected chi connectivity index (χ3v) is 4.96. The van der Waals surface area contributed by atoms with Crippen molar-refractivity contribution in [1.82, 2.24) is 5.43 Å². The van der Waals surface area contributed by atoms with Gasteiger partial charge in [-0.3, -0.25) is 9.59 Å². The Hall–Kier alpha value is -2.26. The Morgan fingerprint density at radius 2 is 1.79 bits per heavy atom. The summed E-state index contributed by atoms with van der Waals surface area (Å²) < 4.78 is 20.0. The summed E-state index contributed by atoms with van der Waals surface area (Å²) in [6.45, 7) is 3.30. The van der Waals surface area contributed by atoms with Gasteiger partial charge in [-0.05, 0) is 71.7 Å². The van der Waals surface area contributed by atoms with Gasteiger partial charge in [-0.15, -0.1) is 0 Å². The topological polar surface area (TPSA) is 79.8 Å². The minimum absolute atomic E-state index is 0.0179. The molecule has 9 heteroatoms. The highest BCUT2D eigenvalue weighted by Crippen LogP contribution is 2.31. The van der Waals surface area contributed by atoms with E-state index in [2.05, 4.69) is 47.7 Å². The van der Waals surface area contributed by atoms with Gasteiger partial charge in [0.1, 0.15) is 11.6 Å². The number of hydrazone groups is 1. The summed E-state index contributed by atoms with van der Waals surface area (Å²) in [6.07, 6.45) is -0.0179. The molecule has 0 fully saturated rings. The number of carbonyl (C=O) groups is 2. The van der Waals surface area contributed by atoms with Crippen molar-refractivity contribution in [1.29, 1.82) is 0 Å². The van der Waals surface area contributed by atoms with E-state index in [1.807, 2.05) is 13.0 Å². The number of carbonyl (C=O) groups excluding carboxylic acids is 2. The summed E-state index contributed by atoms with van der Waals surface area (Å²) in [4.78, 5) is 23.8. The highest BCUT2D eigenvalue weighted by molar-refractivity contribution is 9.11. The van der Waals surface area contributed by atoms with E-state index in [1.165, 1.54) is 24.3 Å². The van der Waals surface area contributed by atoms with Gasteiger partial charge in [0.05, 0.1) is 10.9 Å². The number of benzene rings is 2. The zero-order valence-corrected chi connectivity index (χ0v) is 18.4. The molecule has 0 saturated carbocycles. The molecule has 2 N–H and O–H groups in total. The lowest BCUT2D eigenvalue weighted by Crippen LogP contribution is -2.26. The summed E-state index contributed by atoms with van der Waals surface area (Å²) in [7, 11) is 0. The van der Waals surface area contributed by atoms with Gasteiger partial charge >= 0.3 is 0 Å². The molecule has 0 aliphatic carbocycles. The van der Waals surface area contributed by atoms with Crippen molar-refractivity contribution in [2.75, 3.05) is 11.9 Å². The van der Waals surface area contributed by atoms with Crippen LogP contribution in [0.3, 0.4) is 0 Å². The number of anilines is 1. The van der Waals surface area contributed by atoms with Crippen LogP contribution < -0.4 is 15.5 Å². The Labute approximate surface area is 178 Å². The summed E-state index contributed by atoms with van der Waals surface area (Å²) >= 11 is 6.78. The van der Waals surface area contributed by atoms with E-state index in [9.17, 15) is 14.0 Å². The van der Waals surface area contributed by atoms with Crippen LogP contribution in [0, 0.1) is 12.7 Å². The predicted octanol–water partition coefficient (Wildman–Crippen LogP) is 4.56. The first-order valence-corrected chi connectivity index (χ1v) is 9.79. The van der Waals surface area contributed by atoms with E-state index in [1.54, 1.807) is 13.0 Å². The third kappa shape index (κ3) is 7.05. The Kier molecular flexibility index (Phi) is 8.13. The van der Waals surface area contributed by atoms with E-state index in [-0.39, 0.29) is 24.8 Å². The van der Waals surface area contributed by atoms with E-state index in [0.29, 0.717) is 17.1 Å². The van der Waals surface area contributed by atoms with Crippen molar-refractivity contribution in [2.45, 2.75) is 20.3 Å². The van der Waals surface area contributed by atoms with Gasteiger partial charge in [0.25, 0.3) is 5.91 Å². The Morgan fingerprint density at radius 1 is 1.11 bits per heavy atom. The summed E-state index contributed by atoms with van der Waals surface area (Å²) in [5.74, 6) is -0.625. The van der Waals surface area contributed by atoms with Crippen molar-refractivity contribution >= 4 is 55.1 Å². The van der Waals surface area contributed by atoms with Crippen molar-refractivity contribution in [3.05, 3.63) is 56.7 Å². The highest BCUT2D eigenvalue weighted by atomic mass is 79.9. The largest absolute Gasteiger partial charge is 0.483 e. The van der Waals surface area contributed by atoms with E-state index in [4.69, 9.17) is 4.74 Å². The van der Waals surface area contributed by atoms with Gasteiger partial charge in [0, 0.05) is 15.9 Å². The smallest absolute Gasteiger partial charge is 0.277 e. The molecular formula is C19H18Br2FN3O3. The molecule has 28 heavy (non-hydrogen) atoms. The number of halogens is 3. The Morgan fingerprint density at radius 3 is 2.46 bits per heavy atom. The molecule has 0 saturated heterocycles. The van der Waals surface area contributed by atoms with Crippen LogP contribution in [-0.4, -0.2) is 24.1 Å². The van der Waals surface area contributed by atoms with Crippen LogP contribution in [0.1, 0.15) is 18.9 Å². The fourth-order valence-electron chi connectivity index (χ4n) is 2.09. The van der Waals surface area contributed by atoms with Crippen molar-refractivity contribution in [3.8, 4) is 5.75 Å². The van der Waals surface area contributed by atoms with E-state index < -0.39 is 5.91 Å². The van der Waals surface area contributed by atoms with Gasteiger partial charge in [-0.1, -0.05) is 15.9 Å². The van der Waals surface area contributed by atoms with Crippen LogP contribution in [0.4, 0.5) is 10.1 Å². The second-order valence-corrected chi connectivity index (χ2v) is 7.64. The van der Waals surface area contributed by atoms with Crippen LogP contribution in [0.2, 0.25) is 0 Å². The number of nitrogens with zero attached hydrogens (tertiary/aromatic N) is 1. The number of aryl methyl sites for hydroxylation is 1. The van der Waals surface area contributed by atoms with Crippen LogP contribution in [-0.2, 0) is 9.59 Å². The Balaban J connectivity index is 1.80. The molecule has 148 valence electrons. The number of rotatable bonds is 7. The first kappa shape index (κ1) is 22.0. The fraction of sp³-hybridized carbons (Fsp3) is 0.211. The maximum Gasteiger partial charge on any atom is 0.277 e. The summed E-state index contributed by atoms with van der Waals surface area (Å²) in [6, 6.07) is 9.06. The lowest BCUT2D eigenvalue weighted by atomic mass is 10.2. The Bertz CT molecular complexity index is 902. The van der Waals surface area contributed by atoms with Crippen LogP contribution in [0.15, 0.2) is 50.4 Å². The average Bonchev–Trinajstić information content (AvgIpc) is 2.63. The van der Waals surface area contributed by atoms with Crippen LogP contribution >= 0.6 is 31.9 Å². The predicted molar refractivity (Wildman–Crippen MR) is 113 cm³/mol. The standard InChI is InChI=1S/C19H18Br2FN3O3/c1-11-7-17(16(21)9-15(11)20)28-10-19(27)25-24-12(2)8-18(26)23-14-5-3-13(22)4-6-14/h3-7,9H,8,10H2,1-2H3,(H,23,26)(H,25,27)/b24-12-. The molecule has 2 rings (SSSR count). The van der Waals surface area contributed by atoms with Gasteiger partial charge in [0.15, 0.2) is 6.61 Å². The van der Waals surface area contributed by atoms with Crippen LogP contribution in [0.5, 0.6) is 5.75 Å². The molecule has 0 atom stereocenters. The monoisotopic (exact) mass is 513 g/mol. The molecule has 2 amide bonds. The summed E-state index contributed by atoms with van der Waals surface area (Å²) in [5.41, 5.74) is 4.21. The molecular weight excluding hydrogens is 497 g/mol. The quantitative estimate of drug-likeness (QED) is 0.420. The lowest BCUT2D eigenvalue weighted by Gasteiger charge is -2.10. The van der Waals surface area contributed by atoms with Gasteiger partial charge in [-0.25, -0.2) is 9.82 Å².